The van der Waals surface area contributed by atoms with Gasteiger partial charge in [-0.3, -0.25) is 0 Å². The molecule has 35 heavy (non-hydrogen) atoms. The third-order valence-corrected chi connectivity index (χ3v) is 10.2. The maximum Gasteiger partial charge on any atom is 0.338 e. The number of fused-ring (bicyclic) bond motifs is 4. The lowest BCUT2D eigenvalue weighted by Crippen LogP contribution is -2.61. The molecule has 4 bridgehead atoms. The fourth-order valence-electron chi connectivity index (χ4n) is 8.83. The van der Waals surface area contributed by atoms with Crippen LogP contribution in [0.15, 0.2) is 60.7 Å². The first kappa shape index (κ1) is 22.8. The molecule has 2 aromatic carbocycles. The van der Waals surface area contributed by atoms with Crippen molar-refractivity contribution >= 4 is 11.9 Å². The Bertz CT molecular complexity index is 1090. The van der Waals surface area contributed by atoms with E-state index in [0.29, 0.717) is 33.8 Å². The van der Waals surface area contributed by atoms with Crippen molar-refractivity contribution in [1.82, 2.24) is 0 Å². The summed E-state index contributed by atoms with van der Waals surface area (Å²) in [4.78, 5) is 26.4. The Balaban J connectivity index is 1.35. The Kier molecular flexibility index (Phi) is 5.54. The molecule has 0 amide bonds. The molecule has 0 radical (unpaired) electrons. The first-order valence-corrected chi connectivity index (χ1v) is 13.5. The van der Waals surface area contributed by atoms with Gasteiger partial charge in [0.25, 0.3) is 0 Å². The second-order valence-corrected chi connectivity index (χ2v) is 11.9. The van der Waals surface area contributed by atoms with Crippen LogP contribution >= 0.6 is 0 Å². The molecular formula is C31H36O4. The Hall–Kier alpha value is -2.62. The van der Waals surface area contributed by atoms with E-state index in [1.54, 1.807) is 24.3 Å². The van der Waals surface area contributed by atoms with Gasteiger partial charge < -0.3 is 9.47 Å². The normalized spacial score (nSPS) is 38.7. The molecule has 0 N–H and O–H groups in total. The smallest absolute Gasteiger partial charge is 0.338 e. The molecule has 0 spiro atoms. The molecule has 0 saturated heterocycles. The third kappa shape index (κ3) is 3.55. The minimum absolute atomic E-state index is 0.257. The van der Waals surface area contributed by atoms with Crippen molar-refractivity contribution in [1.29, 1.82) is 0 Å². The molecule has 5 fully saturated rings. The van der Waals surface area contributed by atoms with Crippen molar-refractivity contribution in [2.24, 2.45) is 34.5 Å². The van der Waals surface area contributed by atoms with Gasteiger partial charge in [0.1, 0.15) is 12.2 Å². The minimum Gasteiger partial charge on any atom is -0.455 e. The maximum atomic E-state index is 13.2. The van der Waals surface area contributed by atoms with E-state index in [4.69, 9.17) is 9.47 Å². The van der Waals surface area contributed by atoms with Crippen LogP contribution in [0.5, 0.6) is 0 Å². The van der Waals surface area contributed by atoms with Crippen LogP contribution in [-0.2, 0) is 9.47 Å². The third-order valence-electron chi connectivity index (χ3n) is 10.2. The van der Waals surface area contributed by atoms with Gasteiger partial charge in [0.05, 0.1) is 11.1 Å². The molecular weight excluding hydrogens is 436 g/mol. The average Bonchev–Trinajstić information content (AvgIpc) is 3.45. The lowest BCUT2D eigenvalue weighted by atomic mass is 9.41. The quantitative estimate of drug-likeness (QED) is 0.439. The molecule has 5 saturated carbocycles. The average molecular weight is 473 g/mol. The van der Waals surface area contributed by atoms with Gasteiger partial charge in [-0.1, -0.05) is 56.7 Å². The molecule has 4 nitrogen and oxygen atoms in total. The summed E-state index contributed by atoms with van der Waals surface area (Å²) in [7, 11) is 0. The van der Waals surface area contributed by atoms with E-state index in [9.17, 15) is 9.59 Å². The summed E-state index contributed by atoms with van der Waals surface area (Å²) in [5.41, 5.74) is 1.76. The first-order chi connectivity index (χ1) is 17.0. The number of carbonyl (C=O) groups is 2. The van der Waals surface area contributed by atoms with Crippen molar-refractivity contribution < 1.29 is 19.1 Å². The van der Waals surface area contributed by atoms with Crippen LogP contribution in [0.4, 0.5) is 0 Å². The molecule has 0 aliphatic heterocycles. The summed E-state index contributed by atoms with van der Waals surface area (Å²) in [6, 6.07) is 18.4. The van der Waals surface area contributed by atoms with Crippen molar-refractivity contribution in [3.63, 3.8) is 0 Å². The highest BCUT2D eigenvalue weighted by molar-refractivity contribution is 5.90. The number of esters is 2. The van der Waals surface area contributed by atoms with E-state index < -0.39 is 0 Å². The van der Waals surface area contributed by atoms with Crippen molar-refractivity contribution in [2.75, 3.05) is 0 Å². The molecule has 0 heterocycles. The maximum absolute atomic E-state index is 13.2. The molecule has 7 rings (SSSR count). The second kappa shape index (κ2) is 8.50. The van der Waals surface area contributed by atoms with Crippen LogP contribution in [0.3, 0.4) is 0 Å². The van der Waals surface area contributed by atoms with E-state index in [0.717, 1.165) is 6.42 Å². The number of carbonyl (C=O) groups excluding carboxylic acids is 2. The van der Waals surface area contributed by atoms with Gasteiger partial charge in [0, 0.05) is 11.8 Å². The zero-order valence-corrected chi connectivity index (χ0v) is 20.8. The Morgan fingerprint density at radius 1 is 0.771 bits per heavy atom. The number of rotatable bonds is 6. The molecule has 0 aromatic heterocycles. The van der Waals surface area contributed by atoms with E-state index in [-0.39, 0.29) is 36.0 Å². The Labute approximate surface area is 208 Å². The number of hydrogen-bond acceptors (Lipinski definition) is 4. The van der Waals surface area contributed by atoms with Gasteiger partial charge >= 0.3 is 11.9 Å². The summed E-state index contributed by atoms with van der Waals surface area (Å²) in [5, 5.41) is 0. The van der Waals surface area contributed by atoms with Crippen molar-refractivity contribution in [2.45, 2.75) is 71.0 Å². The van der Waals surface area contributed by atoms with Gasteiger partial charge in [-0.25, -0.2) is 9.59 Å². The molecule has 6 atom stereocenters. The molecule has 6 unspecified atom stereocenters. The van der Waals surface area contributed by atoms with Crippen LogP contribution in [0.25, 0.3) is 0 Å². The van der Waals surface area contributed by atoms with Crippen LogP contribution in [0.2, 0.25) is 0 Å². The van der Waals surface area contributed by atoms with Crippen LogP contribution in [0.1, 0.15) is 79.5 Å². The fraction of sp³-hybridized carbons (Fsp3) is 0.548. The Morgan fingerprint density at radius 3 is 1.74 bits per heavy atom. The number of hydrogen-bond donors (Lipinski definition) is 0. The van der Waals surface area contributed by atoms with Gasteiger partial charge in [0.2, 0.25) is 0 Å². The SMILES string of the molecule is CCCC12CCC(C)(CC1)C1C3CC(C(OC(=O)c4ccccc4)C3OC(=O)c3ccccc3)C12. The highest BCUT2D eigenvalue weighted by Crippen LogP contribution is 2.74. The molecule has 5 aliphatic carbocycles. The van der Waals surface area contributed by atoms with Gasteiger partial charge in [0.15, 0.2) is 0 Å². The van der Waals surface area contributed by atoms with E-state index in [2.05, 4.69) is 13.8 Å². The Morgan fingerprint density at radius 2 is 1.26 bits per heavy atom. The van der Waals surface area contributed by atoms with Gasteiger partial charge in [-0.15, -0.1) is 0 Å². The molecule has 184 valence electrons. The summed E-state index contributed by atoms with van der Waals surface area (Å²) in [5.74, 6) is 1.000. The first-order valence-electron chi connectivity index (χ1n) is 13.5. The summed E-state index contributed by atoms with van der Waals surface area (Å²) >= 11 is 0. The van der Waals surface area contributed by atoms with E-state index in [1.807, 2.05) is 36.4 Å². The zero-order valence-electron chi connectivity index (χ0n) is 20.8. The molecule has 4 heteroatoms. The zero-order chi connectivity index (χ0) is 24.2. The molecule has 5 aliphatic rings. The van der Waals surface area contributed by atoms with E-state index >= 15 is 0 Å². The standard InChI is InChI=1S/C31H36O4/c1-3-14-31-17-15-30(2,16-18-31)24-22-19-23(25(24)31)27(35-29(33)21-12-8-5-9-13-21)26(22)34-28(32)20-10-6-4-7-11-20/h4-13,22-27H,3,14-19H2,1-2H3. The van der Waals surface area contributed by atoms with E-state index in [1.165, 1.54) is 38.5 Å². The number of ether oxygens (including phenoxy) is 2. The van der Waals surface area contributed by atoms with Crippen LogP contribution in [-0.4, -0.2) is 24.1 Å². The van der Waals surface area contributed by atoms with Crippen LogP contribution < -0.4 is 0 Å². The monoisotopic (exact) mass is 472 g/mol. The minimum atomic E-state index is -0.378. The summed E-state index contributed by atoms with van der Waals surface area (Å²) < 4.78 is 12.5. The highest BCUT2D eigenvalue weighted by atomic mass is 16.6. The largest absolute Gasteiger partial charge is 0.455 e. The molecule has 2 aromatic rings. The fourth-order valence-corrected chi connectivity index (χ4v) is 8.83. The summed E-state index contributed by atoms with van der Waals surface area (Å²) in [6.07, 6.45) is 7.80. The summed E-state index contributed by atoms with van der Waals surface area (Å²) in [6.45, 7) is 4.78. The topological polar surface area (TPSA) is 52.6 Å². The van der Waals surface area contributed by atoms with Crippen LogP contribution in [0, 0.1) is 34.5 Å². The second-order valence-electron chi connectivity index (χ2n) is 11.9. The lowest BCUT2D eigenvalue weighted by molar-refractivity contribution is -0.187. The highest BCUT2D eigenvalue weighted by Gasteiger charge is 2.72. The van der Waals surface area contributed by atoms with Gasteiger partial charge in [-0.05, 0) is 85.5 Å². The predicted octanol–water partition coefficient (Wildman–Crippen LogP) is 6.70. The number of benzene rings is 2. The van der Waals surface area contributed by atoms with Gasteiger partial charge in [-0.2, -0.15) is 0 Å². The van der Waals surface area contributed by atoms with Crippen molar-refractivity contribution in [3.05, 3.63) is 71.8 Å². The lowest BCUT2D eigenvalue weighted by Gasteiger charge is -2.64. The predicted molar refractivity (Wildman–Crippen MR) is 134 cm³/mol. The van der Waals surface area contributed by atoms with Crippen molar-refractivity contribution in [3.8, 4) is 0 Å².